The van der Waals surface area contributed by atoms with Gasteiger partial charge in [0.05, 0.1) is 25.5 Å². The number of aromatic nitrogens is 2. The molecule has 0 fully saturated rings. The molecule has 1 heterocycles. The van der Waals surface area contributed by atoms with Crippen LogP contribution in [0.3, 0.4) is 0 Å². The quantitative estimate of drug-likeness (QED) is 0.661. The standard InChI is InChI=1S/C7H11N3O/c1-5-6(11-2)4-9-7(3-8)10-5/h4H,3,8H2,1-2H3. The number of rotatable bonds is 2. The summed E-state index contributed by atoms with van der Waals surface area (Å²) >= 11 is 0. The first kappa shape index (κ1) is 7.94. The summed E-state index contributed by atoms with van der Waals surface area (Å²) in [5, 5.41) is 0. The van der Waals surface area contributed by atoms with Gasteiger partial charge in [-0.1, -0.05) is 0 Å². The van der Waals surface area contributed by atoms with Gasteiger partial charge >= 0.3 is 0 Å². The highest BCUT2D eigenvalue weighted by atomic mass is 16.5. The first-order valence-corrected chi connectivity index (χ1v) is 3.34. The minimum Gasteiger partial charge on any atom is -0.493 e. The van der Waals surface area contributed by atoms with E-state index in [1.54, 1.807) is 13.3 Å². The smallest absolute Gasteiger partial charge is 0.158 e. The Balaban J connectivity index is 2.99. The Morgan fingerprint density at radius 2 is 2.36 bits per heavy atom. The van der Waals surface area contributed by atoms with E-state index in [1.807, 2.05) is 6.92 Å². The second-order valence-corrected chi connectivity index (χ2v) is 2.14. The molecule has 0 aliphatic heterocycles. The van der Waals surface area contributed by atoms with E-state index in [0.717, 1.165) is 5.69 Å². The molecule has 1 aromatic heterocycles. The summed E-state index contributed by atoms with van der Waals surface area (Å²) < 4.78 is 4.98. The van der Waals surface area contributed by atoms with Crippen molar-refractivity contribution in [2.75, 3.05) is 7.11 Å². The Morgan fingerprint density at radius 3 is 2.82 bits per heavy atom. The Labute approximate surface area is 65.4 Å². The van der Waals surface area contributed by atoms with Crippen LogP contribution in [-0.2, 0) is 6.54 Å². The third-order valence-electron chi connectivity index (χ3n) is 1.39. The van der Waals surface area contributed by atoms with Crippen molar-refractivity contribution in [3.05, 3.63) is 17.7 Å². The number of ether oxygens (including phenoxy) is 1. The number of hydrogen-bond donors (Lipinski definition) is 1. The molecule has 4 heteroatoms. The van der Waals surface area contributed by atoms with Crippen molar-refractivity contribution < 1.29 is 4.74 Å². The molecule has 1 rings (SSSR count). The molecule has 1 aromatic rings. The van der Waals surface area contributed by atoms with Gasteiger partial charge < -0.3 is 10.5 Å². The van der Waals surface area contributed by atoms with Crippen molar-refractivity contribution >= 4 is 0 Å². The Morgan fingerprint density at radius 1 is 1.64 bits per heavy atom. The predicted molar refractivity (Wildman–Crippen MR) is 41.2 cm³/mol. The number of nitrogens with two attached hydrogens (primary N) is 1. The van der Waals surface area contributed by atoms with E-state index < -0.39 is 0 Å². The largest absolute Gasteiger partial charge is 0.493 e. The molecule has 0 unspecified atom stereocenters. The molecule has 0 aromatic carbocycles. The monoisotopic (exact) mass is 153 g/mol. The molecule has 0 spiro atoms. The summed E-state index contributed by atoms with van der Waals surface area (Å²) in [7, 11) is 1.59. The molecule has 0 bridgehead atoms. The molecule has 0 radical (unpaired) electrons. The molecule has 0 atom stereocenters. The van der Waals surface area contributed by atoms with E-state index in [9.17, 15) is 0 Å². The lowest BCUT2D eigenvalue weighted by atomic mass is 10.4. The Bertz CT molecular complexity index is 249. The predicted octanol–water partition coefficient (Wildman–Crippen LogP) is 0.252. The van der Waals surface area contributed by atoms with Gasteiger partial charge in [-0.2, -0.15) is 0 Å². The minimum absolute atomic E-state index is 0.366. The van der Waals surface area contributed by atoms with Crippen molar-refractivity contribution in [1.29, 1.82) is 0 Å². The van der Waals surface area contributed by atoms with Gasteiger partial charge in [0.1, 0.15) is 5.82 Å². The van der Waals surface area contributed by atoms with Crippen molar-refractivity contribution in [3.63, 3.8) is 0 Å². The summed E-state index contributed by atoms with van der Waals surface area (Å²) in [5.74, 6) is 1.34. The zero-order valence-electron chi connectivity index (χ0n) is 6.66. The van der Waals surface area contributed by atoms with Crippen LogP contribution in [0, 0.1) is 6.92 Å². The minimum atomic E-state index is 0.366. The Kier molecular flexibility index (Phi) is 2.38. The van der Waals surface area contributed by atoms with Crippen molar-refractivity contribution in [1.82, 2.24) is 9.97 Å². The summed E-state index contributed by atoms with van der Waals surface area (Å²) in [5.41, 5.74) is 6.17. The maximum absolute atomic E-state index is 5.34. The van der Waals surface area contributed by atoms with E-state index in [-0.39, 0.29) is 0 Å². The molecule has 4 nitrogen and oxygen atoms in total. The van der Waals surface area contributed by atoms with E-state index >= 15 is 0 Å². The van der Waals surface area contributed by atoms with Crippen molar-refractivity contribution in [2.24, 2.45) is 5.73 Å². The van der Waals surface area contributed by atoms with Gasteiger partial charge in [-0.25, -0.2) is 9.97 Å². The van der Waals surface area contributed by atoms with Crippen LogP contribution in [0.5, 0.6) is 5.75 Å². The second kappa shape index (κ2) is 3.30. The summed E-state index contributed by atoms with van der Waals surface area (Å²) in [4.78, 5) is 8.07. The summed E-state index contributed by atoms with van der Waals surface area (Å²) in [6, 6.07) is 0. The molecule has 2 N–H and O–H groups in total. The van der Waals surface area contributed by atoms with Gasteiger partial charge in [-0.05, 0) is 6.92 Å². The fraction of sp³-hybridized carbons (Fsp3) is 0.429. The molecule has 0 aliphatic carbocycles. The molecule has 0 amide bonds. The van der Waals surface area contributed by atoms with E-state index in [4.69, 9.17) is 10.5 Å². The maximum atomic E-state index is 5.34. The third kappa shape index (κ3) is 1.65. The lowest BCUT2D eigenvalue weighted by Crippen LogP contribution is -2.04. The van der Waals surface area contributed by atoms with Crippen LogP contribution in [0.2, 0.25) is 0 Å². The van der Waals surface area contributed by atoms with Crippen molar-refractivity contribution in [3.8, 4) is 5.75 Å². The van der Waals surface area contributed by atoms with Gasteiger partial charge in [-0.15, -0.1) is 0 Å². The fourth-order valence-electron chi connectivity index (χ4n) is 0.803. The molecule has 0 saturated heterocycles. The van der Waals surface area contributed by atoms with Crippen LogP contribution >= 0.6 is 0 Å². The molecular formula is C7H11N3O. The highest BCUT2D eigenvalue weighted by molar-refractivity contribution is 5.22. The molecule has 60 valence electrons. The Hall–Kier alpha value is -1.16. The number of methoxy groups -OCH3 is 1. The van der Waals surface area contributed by atoms with Gasteiger partial charge in [0.2, 0.25) is 0 Å². The molecule has 11 heavy (non-hydrogen) atoms. The second-order valence-electron chi connectivity index (χ2n) is 2.14. The van der Waals surface area contributed by atoms with Crippen LogP contribution < -0.4 is 10.5 Å². The lowest BCUT2D eigenvalue weighted by molar-refractivity contribution is 0.406. The normalized spacial score (nSPS) is 9.73. The maximum Gasteiger partial charge on any atom is 0.158 e. The van der Waals surface area contributed by atoms with Gasteiger partial charge in [0.25, 0.3) is 0 Å². The van der Waals surface area contributed by atoms with Crippen LogP contribution in [0.1, 0.15) is 11.5 Å². The zero-order valence-corrected chi connectivity index (χ0v) is 6.66. The van der Waals surface area contributed by atoms with Crippen molar-refractivity contribution in [2.45, 2.75) is 13.5 Å². The van der Waals surface area contributed by atoms with Gasteiger partial charge in [0, 0.05) is 0 Å². The first-order chi connectivity index (χ1) is 5.27. The van der Waals surface area contributed by atoms with Gasteiger partial charge in [0.15, 0.2) is 5.75 Å². The number of aryl methyl sites for hydroxylation is 1. The highest BCUT2D eigenvalue weighted by Crippen LogP contribution is 2.11. The van der Waals surface area contributed by atoms with Crippen LogP contribution in [-0.4, -0.2) is 17.1 Å². The van der Waals surface area contributed by atoms with E-state index in [2.05, 4.69) is 9.97 Å². The first-order valence-electron chi connectivity index (χ1n) is 3.34. The highest BCUT2D eigenvalue weighted by Gasteiger charge is 2.00. The fourth-order valence-corrected chi connectivity index (χ4v) is 0.803. The molecule has 0 saturated carbocycles. The summed E-state index contributed by atoms with van der Waals surface area (Å²) in [6.45, 7) is 2.23. The van der Waals surface area contributed by atoms with Crippen LogP contribution in [0.4, 0.5) is 0 Å². The zero-order chi connectivity index (χ0) is 8.27. The number of hydrogen-bond acceptors (Lipinski definition) is 4. The van der Waals surface area contributed by atoms with Crippen LogP contribution in [0.15, 0.2) is 6.20 Å². The number of nitrogens with zero attached hydrogens (tertiary/aromatic N) is 2. The van der Waals surface area contributed by atoms with Gasteiger partial charge in [-0.3, -0.25) is 0 Å². The topological polar surface area (TPSA) is 61.0 Å². The molecule has 0 aliphatic rings. The van der Waals surface area contributed by atoms with E-state index in [0.29, 0.717) is 18.1 Å². The average Bonchev–Trinajstić information content (AvgIpc) is 2.04. The van der Waals surface area contributed by atoms with E-state index in [1.165, 1.54) is 0 Å². The molecular weight excluding hydrogens is 142 g/mol. The summed E-state index contributed by atoms with van der Waals surface area (Å²) in [6.07, 6.45) is 1.63. The van der Waals surface area contributed by atoms with Crippen LogP contribution in [0.25, 0.3) is 0 Å². The SMILES string of the molecule is COc1cnc(CN)nc1C. The lowest BCUT2D eigenvalue weighted by Gasteiger charge is -2.03. The third-order valence-corrected chi connectivity index (χ3v) is 1.39. The average molecular weight is 153 g/mol.